The lowest BCUT2D eigenvalue weighted by atomic mass is 9.99. The standard InChI is InChI=1S/C23H22N2O2/c1-2-6-20-18-9-11-21(26)19(18)10-12-22(20)27-23(15-25-14-13-24-16-25)17-7-4-3-5-8-17/h2-5,7-8,10,12-14,16,23H,1,6,9,11,15H2. The summed E-state index contributed by atoms with van der Waals surface area (Å²) in [5, 5.41) is 0. The lowest BCUT2D eigenvalue weighted by Crippen LogP contribution is -2.16. The number of ether oxygens (including phenoxy) is 1. The third-order valence-corrected chi connectivity index (χ3v) is 5.02. The molecule has 4 rings (SSSR count). The third-order valence-electron chi connectivity index (χ3n) is 5.02. The normalized spacial score (nSPS) is 14.0. The largest absolute Gasteiger partial charge is 0.484 e. The van der Waals surface area contributed by atoms with Gasteiger partial charge in [0.1, 0.15) is 11.9 Å². The van der Waals surface area contributed by atoms with Crippen molar-refractivity contribution in [2.75, 3.05) is 0 Å². The van der Waals surface area contributed by atoms with Crippen molar-refractivity contribution in [1.82, 2.24) is 9.55 Å². The smallest absolute Gasteiger partial charge is 0.163 e. The van der Waals surface area contributed by atoms with Gasteiger partial charge < -0.3 is 9.30 Å². The lowest BCUT2D eigenvalue weighted by Gasteiger charge is -2.23. The predicted octanol–water partition coefficient (Wildman–Crippen LogP) is 4.56. The summed E-state index contributed by atoms with van der Waals surface area (Å²) >= 11 is 0. The number of fused-ring (bicyclic) bond motifs is 1. The first-order valence-corrected chi connectivity index (χ1v) is 9.22. The molecule has 1 atom stereocenters. The summed E-state index contributed by atoms with van der Waals surface area (Å²) in [6, 6.07) is 14.0. The maximum Gasteiger partial charge on any atom is 0.163 e. The molecule has 1 heterocycles. The minimum atomic E-state index is -0.154. The second kappa shape index (κ2) is 7.62. The van der Waals surface area contributed by atoms with Gasteiger partial charge in [-0.2, -0.15) is 0 Å². The molecule has 0 saturated heterocycles. The average molecular weight is 358 g/mol. The second-order valence-corrected chi connectivity index (χ2v) is 6.76. The summed E-state index contributed by atoms with van der Waals surface area (Å²) < 4.78 is 8.53. The van der Waals surface area contributed by atoms with Crippen molar-refractivity contribution >= 4 is 5.78 Å². The van der Waals surface area contributed by atoms with Crippen LogP contribution in [0.15, 0.2) is 73.8 Å². The van der Waals surface area contributed by atoms with Crippen LogP contribution in [0.25, 0.3) is 0 Å². The number of hydrogen-bond donors (Lipinski definition) is 0. The monoisotopic (exact) mass is 358 g/mol. The zero-order chi connectivity index (χ0) is 18.6. The topological polar surface area (TPSA) is 44.1 Å². The van der Waals surface area contributed by atoms with Crippen LogP contribution in [0, 0.1) is 0 Å². The summed E-state index contributed by atoms with van der Waals surface area (Å²) in [6.07, 6.45) is 9.28. The van der Waals surface area contributed by atoms with Crippen molar-refractivity contribution in [3.8, 4) is 5.75 Å². The SMILES string of the molecule is C=CCc1c(OC(Cn2ccnc2)c2ccccc2)ccc2c1CCC2=O. The van der Waals surface area contributed by atoms with Gasteiger partial charge in [-0.05, 0) is 36.1 Å². The molecule has 0 N–H and O–H groups in total. The van der Waals surface area contributed by atoms with Crippen molar-refractivity contribution in [2.45, 2.75) is 31.9 Å². The molecule has 0 fully saturated rings. The third kappa shape index (κ3) is 3.56. The van der Waals surface area contributed by atoms with Crippen molar-refractivity contribution in [3.05, 3.63) is 96.1 Å². The highest BCUT2D eigenvalue weighted by atomic mass is 16.5. The van der Waals surface area contributed by atoms with Crippen LogP contribution in [0.4, 0.5) is 0 Å². The van der Waals surface area contributed by atoms with Gasteiger partial charge >= 0.3 is 0 Å². The van der Waals surface area contributed by atoms with Gasteiger partial charge in [0, 0.05) is 29.9 Å². The van der Waals surface area contributed by atoms with Gasteiger partial charge in [0.25, 0.3) is 0 Å². The molecular formula is C23H22N2O2. The minimum absolute atomic E-state index is 0.154. The van der Waals surface area contributed by atoms with Crippen LogP contribution in [-0.4, -0.2) is 15.3 Å². The van der Waals surface area contributed by atoms with Gasteiger partial charge in [-0.15, -0.1) is 6.58 Å². The summed E-state index contributed by atoms with van der Waals surface area (Å²) in [5.41, 5.74) is 4.14. The number of Topliss-reactive ketones (excluding diaryl/α,β-unsaturated/α-hetero) is 1. The molecule has 0 aliphatic heterocycles. The Bertz CT molecular complexity index is 946. The zero-order valence-corrected chi connectivity index (χ0v) is 15.2. The quantitative estimate of drug-likeness (QED) is 0.582. The number of hydrogen-bond acceptors (Lipinski definition) is 3. The molecule has 1 aliphatic rings. The number of ketones is 1. The molecule has 27 heavy (non-hydrogen) atoms. The Morgan fingerprint density at radius 2 is 2.04 bits per heavy atom. The Morgan fingerprint density at radius 1 is 1.19 bits per heavy atom. The van der Waals surface area contributed by atoms with Gasteiger partial charge in [0.15, 0.2) is 5.78 Å². The molecule has 0 amide bonds. The van der Waals surface area contributed by atoms with Crippen LogP contribution < -0.4 is 4.74 Å². The van der Waals surface area contributed by atoms with Crippen molar-refractivity contribution < 1.29 is 9.53 Å². The molecule has 0 spiro atoms. The van der Waals surface area contributed by atoms with E-state index in [4.69, 9.17) is 4.74 Å². The fourth-order valence-corrected chi connectivity index (χ4v) is 3.69. The number of aromatic nitrogens is 2. The van der Waals surface area contributed by atoms with E-state index in [1.54, 1.807) is 12.5 Å². The lowest BCUT2D eigenvalue weighted by molar-refractivity contribution is 0.0994. The number of allylic oxidation sites excluding steroid dienone is 1. The molecule has 0 radical (unpaired) electrons. The highest BCUT2D eigenvalue weighted by Crippen LogP contribution is 2.35. The first-order chi connectivity index (χ1) is 13.3. The summed E-state index contributed by atoms with van der Waals surface area (Å²) in [6.45, 7) is 4.55. The van der Waals surface area contributed by atoms with Gasteiger partial charge in [-0.25, -0.2) is 4.98 Å². The number of benzene rings is 2. The van der Waals surface area contributed by atoms with Crippen LogP contribution in [-0.2, 0) is 19.4 Å². The predicted molar refractivity (Wildman–Crippen MR) is 105 cm³/mol. The number of carbonyl (C=O) groups excluding carboxylic acids is 1. The summed E-state index contributed by atoms with van der Waals surface area (Å²) in [4.78, 5) is 16.2. The molecule has 136 valence electrons. The molecule has 1 aromatic heterocycles. The number of rotatable bonds is 7. The second-order valence-electron chi connectivity index (χ2n) is 6.76. The van der Waals surface area contributed by atoms with E-state index in [-0.39, 0.29) is 11.9 Å². The Morgan fingerprint density at radius 3 is 2.78 bits per heavy atom. The molecule has 4 nitrogen and oxygen atoms in total. The van der Waals surface area contributed by atoms with Crippen LogP contribution in [0.5, 0.6) is 5.75 Å². The molecule has 0 bridgehead atoms. The average Bonchev–Trinajstić information content (AvgIpc) is 3.34. The number of carbonyl (C=O) groups is 1. The first-order valence-electron chi connectivity index (χ1n) is 9.22. The molecule has 1 aliphatic carbocycles. The van der Waals surface area contributed by atoms with E-state index in [1.807, 2.05) is 47.2 Å². The maximum atomic E-state index is 12.1. The fraction of sp³-hybridized carbons (Fsp3) is 0.217. The van der Waals surface area contributed by atoms with E-state index in [9.17, 15) is 4.79 Å². The molecule has 1 unspecified atom stereocenters. The number of nitrogens with zero attached hydrogens (tertiary/aromatic N) is 2. The Balaban J connectivity index is 1.70. The minimum Gasteiger partial charge on any atom is -0.484 e. The van der Waals surface area contributed by atoms with Crippen LogP contribution >= 0.6 is 0 Å². The molecule has 0 saturated carbocycles. The van der Waals surface area contributed by atoms with E-state index in [1.165, 1.54) is 0 Å². The fourth-order valence-electron chi connectivity index (χ4n) is 3.69. The Labute approximate surface area is 159 Å². The van der Waals surface area contributed by atoms with E-state index >= 15 is 0 Å². The zero-order valence-electron chi connectivity index (χ0n) is 15.2. The van der Waals surface area contributed by atoms with Crippen molar-refractivity contribution in [1.29, 1.82) is 0 Å². The first kappa shape index (κ1) is 17.3. The number of imidazole rings is 1. The highest BCUT2D eigenvalue weighted by Gasteiger charge is 2.25. The molecule has 2 aromatic carbocycles. The van der Waals surface area contributed by atoms with Crippen LogP contribution in [0.1, 0.15) is 39.6 Å². The van der Waals surface area contributed by atoms with E-state index in [0.717, 1.165) is 34.4 Å². The van der Waals surface area contributed by atoms with Crippen LogP contribution in [0.2, 0.25) is 0 Å². The van der Waals surface area contributed by atoms with Crippen LogP contribution in [0.3, 0.4) is 0 Å². The molecular weight excluding hydrogens is 336 g/mol. The van der Waals surface area contributed by atoms with E-state index in [2.05, 4.69) is 23.7 Å². The van der Waals surface area contributed by atoms with E-state index in [0.29, 0.717) is 19.4 Å². The summed E-state index contributed by atoms with van der Waals surface area (Å²) in [5.74, 6) is 1.05. The van der Waals surface area contributed by atoms with Crippen molar-refractivity contribution in [3.63, 3.8) is 0 Å². The summed E-state index contributed by atoms with van der Waals surface area (Å²) in [7, 11) is 0. The Kier molecular flexibility index (Phi) is 4.88. The molecule has 3 aromatic rings. The van der Waals surface area contributed by atoms with Gasteiger partial charge in [0.05, 0.1) is 12.9 Å². The van der Waals surface area contributed by atoms with Gasteiger partial charge in [-0.3, -0.25) is 4.79 Å². The molecule has 4 heteroatoms. The van der Waals surface area contributed by atoms with Gasteiger partial charge in [-0.1, -0.05) is 36.4 Å². The van der Waals surface area contributed by atoms with Gasteiger partial charge in [0.2, 0.25) is 0 Å². The Hall–Kier alpha value is -3.14. The van der Waals surface area contributed by atoms with E-state index < -0.39 is 0 Å². The van der Waals surface area contributed by atoms with Crippen molar-refractivity contribution in [2.24, 2.45) is 0 Å². The highest BCUT2D eigenvalue weighted by molar-refractivity contribution is 6.01. The maximum absolute atomic E-state index is 12.1.